The van der Waals surface area contributed by atoms with Crippen LogP contribution in [-0.2, 0) is 42.9 Å². The Hall–Kier alpha value is -2.20. The summed E-state index contributed by atoms with van der Waals surface area (Å²) in [6.07, 6.45) is -7.75. The predicted molar refractivity (Wildman–Crippen MR) is 69.6 cm³/mol. The smallest absolute Gasteiger partial charge is 0.339 e. The number of ether oxygens (including phenoxy) is 5. The maximum Gasteiger partial charge on any atom is 0.339 e. The molecule has 0 spiro atoms. The molecule has 10 nitrogen and oxygen atoms in total. The third kappa shape index (κ3) is 4.89. The van der Waals surface area contributed by atoms with Crippen LogP contribution in [0.15, 0.2) is 0 Å². The number of rotatable bonds is 4. The normalized spacial score (nSPS) is 30.0. The summed E-state index contributed by atoms with van der Waals surface area (Å²) in [6.45, 7) is 3.18. The zero-order valence-corrected chi connectivity index (χ0v) is 13.0. The molecule has 1 fully saturated rings. The molecule has 0 saturated carbocycles. The van der Waals surface area contributed by atoms with Crippen LogP contribution in [0.1, 0.15) is 20.8 Å². The van der Waals surface area contributed by atoms with Crippen LogP contribution in [0, 0.1) is 0 Å². The molecule has 1 rings (SSSR count). The fourth-order valence-corrected chi connectivity index (χ4v) is 2.10. The highest BCUT2D eigenvalue weighted by Crippen LogP contribution is 2.28. The fourth-order valence-electron chi connectivity index (χ4n) is 2.10. The van der Waals surface area contributed by atoms with E-state index >= 15 is 0 Å². The second-order valence-corrected chi connectivity index (χ2v) is 4.69. The first-order valence-corrected chi connectivity index (χ1v) is 6.60. The van der Waals surface area contributed by atoms with Crippen molar-refractivity contribution in [3.63, 3.8) is 0 Å². The summed E-state index contributed by atoms with van der Waals surface area (Å²) in [5.41, 5.74) is 0. The summed E-state index contributed by atoms with van der Waals surface area (Å²) in [7, 11) is 1.06. The molecule has 1 aliphatic rings. The van der Waals surface area contributed by atoms with Gasteiger partial charge in [-0.1, -0.05) is 0 Å². The standard InChI is InChI=1S/C13H18O10/c1-5(14)20-8-9(21-6(2)15)11(22-7(3)16)13(18)23-10(8)12(17)19-4/h8-11,13,18H,1-4H3/t8-,9+,10+,11+,13+/m1/s1. The molecular formula is C13H18O10. The van der Waals surface area contributed by atoms with Gasteiger partial charge in [-0.2, -0.15) is 0 Å². The molecule has 0 aromatic rings. The minimum atomic E-state index is -1.79. The SMILES string of the molecule is COC(=O)[C@H]1O[C@H](O)[C@@H](OC(C)=O)[C@@H](OC(C)=O)[C@H]1OC(C)=O. The van der Waals surface area contributed by atoms with Gasteiger partial charge in [0.1, 0.15) is 0 Å². The molecule has 5 atom stereocenters. The first-order valence-electron chi connectivity index (χ1n) is 6.60. The lowest BCUT2D eigenvalue weighted by atomic mass is 9.98. The van der Waals surface area contributed by atoms with Gasteiger partial charge >= 0.3 is 23.9 Å². The van der Waals surface area contributed by atoms with Gasteiger partial charge in [0, 0.05) is 20.8 Å². The van der Waals surface area contributed by atoms with Crippen molar-refractivity contribution >= 4 is 23.9 Å². The monoisotopic (exact) mass is 334 g/mol. The molecule has 1 aliphatic heterocycles. The number of aliphatic hydroxyl groups is 1. The second-order valence-electron chi connectivity index (χ2n) is 4.69. The van der Waals surface area contributed by atoms with E-state index in [1.165, 1.54) is 0 Å². The minimum absolute atomic E-state index is 0.798. The predicted octanol–water partition coefficient (Wildman–Crippen LogP) is -1.33. The molecule has 0 bridgehead atoms. The molecule has 130 valence electrons. The van der Waals surface area contributed by atoms with Crippen molar-refractivity contribution in [3.05, 3.63) is 0 Å². The number of carbonyl (C=O) groups excluding carboxylic acids is 4. The third-order valence-corrected chi connectivity index (χ3v) is 2.85. The average Bonchev–Trinajstić information content (AvgIpc) is 2.43. The van der Waals surface area contributed by atoms with Crippen molar-refractivity contribution in [2.24, 2.45) is 0 Å². The van der Waals surface area contributed by atoms with Gasteiger partial charge < -0.3 is 28.8 Å². The zero-order valence-electron chi connectivity index (χ0n) is 13.0. The summed E-state index contributed by atoms with van der Waals surface area (Å²) >= 11 is 0. The first kappa shape index (κ1) is 18.8. The topological polar surface area (TPSA) is 135 Å². The van der Waals surface area contributed by atoms with Gasteiger partial charge in [0.05, 0.1) is 7.11 Å². The molecule has 10 heteroatoms. The van der Waals surface area contributed by atoms with Crippen LogP contribution < -0.4 is 0 Å². The summed E-state index contributed by atoms with van der Waals surface area (Å²) in [5, 5.41) is 9.93. The molecular weight excluding hydrogens is 316 g/mol. The van der Waals surface area contributed by atoms with Crippen LogP contribution in [0.5, 0.6) is 0 Å². The molecule has 0 amide bonds. The second kappa shape index (κ2) is 7.88. The van der Waals surface area contributed by atoms with E-state index in [0.717, 1.165) is 27.9 Å². The average molecular weight is 334 g/mol. The number of hydrogen-bond acceptors (Lipinski definition) is 10. The Morgan fingerprint density at radius 2 is 1.26 bits per heavy atom. The van der Waals surface area contributed by atoms with Gasteiger partial charge in [0.15, 0.2) is 30.7 Å². The maximum absolute atomic E-state index is 11.8. The lowest BCUT2D eigenvalue weighted by molar-refractivity contribution is -0.289. The van der Waals surface area contributed by atoms with E-state index in [1.807, 2.05) is 0 Å². The Balaban J connectivity index is 3.21. The van der Waals surface area contributed by atoms with Crippen LogP contribution in [0.25, 0.3) is 0 Å². The quantitative estimate of drug-likeness (QED) is 0.486. The van der Waals surface area contributed by atoms with Crippen LogP contribution in [0.4, 0.5) is 0 Å². The molecule has 0 aromatic heterocycles. The van der Waals surface area contributed by atoms with Crippen molar-refractivity contribution in [1.82, 2.24) is 0 Å². The number of carbonyl (C=O) groups is 4. The molecule has 0 aromatic carbocycles. The van der Waals surface area contributed by atoms with Crippen molar-refractivity contribution in [2.75, 3.05) is 7.11 Å². The van der Waals surface area contributed by atoms with E-state index in [-0.39, 0.29) is 0 Å². The van der Waals surface area contributed by atoms with Crippen LogP contribution in [0.2, 0.25) is 0 Å². The van der Waals surface area contributed by atoms with Gasteiger partial charge in [-0.25, -0.2) is 4.79 Å². The maximum atomic E-state index is 11.8. The highest BCUT2D eigenvalue weighted by Gasteiger charge is 2.54. The highest BCUT2D eigenvalue weighted by atomic mass is 16.7. The molecule has 0 unspecified atom stereocenters. The summed E-state index contributed by atoms with van der Waals surface area (Å²) < 4.78 is 24.3. The number of methoxy groups -OCH3 is 1. The zero-order chi connectivity index (χ0) is 17.7. The van der Waals surface area contributed by atoms with Gasteiger partial charge in [0.25, 0.3) is 0 Å². The Labute approximate surface area is 131 Å². The van der Waals surface area contributed by atoms with Crippen molar-refractivity contribution in [1.29, 1.82) is 0 Å². The fraction of sp³-hybridized carbons (Fsp3) is 0.692. The van der Waals surface area contributed by atoms with Gasteiger partial charge in [0.2, 0.25) is 0 Å². The number of hydrogen-bond donors (Lipinski definition) is 1. The molecule has 23 heavy (non-hydrogen) atoms. The third-order valence-electron chi connectivity index (χ3n) is 2.85. The summed E-state index contributed by atoms with van der Waals surface area (Å²) in [4.78, 5) is 45.5. The highest BCUT2D eigenvalue weighted by molar-refractivity contribution is 5.77. The Morgan fingerprint density at radius 1 is 0.826 bits per heavy atom. The molecule has 0 radical (unpaired) electrons. The molecule has 1 saturated heterocycles. The van der Waals surface area contributed by atoms with Gasteiger partial charge in [-0.15, -0.1) is 0 Å². The lowest BCUT2D eigenvalue weighted by Gasteiger charge is -2.41. The summed E-state index contributed by atoms with van der Waals surface area (Å²) in [6, 6.07) is 0. The van der Waals surface area contributed by atoms with E-state index in [1.54, 1.807) is 0 Å². The Kier molecular flexibility index (Phi) is 6.46. The van der Waals surface area contributed by atoms with Crippen molar-refractivity contribution < 1.29 is 48.0 Å². The van der Waals surface area contributed by atoms with Crippen molar-refractivity contribution in [2.45, 2.75) is 51.5 Å². The number of esters is 4. The van der Waals surface area contributed by atoms with E-state index in [9.17, 15) is 24.3 Å². The van der Waals surface area contributed by atoms with Gasteiger partial charge in [-0.3, -0.25) is 14.4 Å². The number of aliphatic hydroxyl groups excluding tert-OH is 1. The Bertz CT molecular complexity index is 487. The van der Waals surface area contributed by atoms with E-state index in [4.69, 9.17) is 18.9 Å². The van der Waals surface area contributed by atoms with Crippen LogP contribution in [-0.4, -0.2) is 66.8 Å². The van der Waals surface area contributed by atoms with Crippen LogP contribution >= 0.6 is 0 Å². The van der Waals surface area contributed by atoms with Gasteiger partial charge in [-0.05, 0) is 0 Å². The summed E-state index contributed by atoms with van der Waals surface area (Å²) in [5.74, 6) is -3.37. The largest absolute Gasteiger partial charge is 0.467 e. The van der Waals surface area contributed by atoms with E-state index in [0.29, 0.717) is 0 Å². The van der Waals surface area contributed by atoms with E-state index in [2.05, 4.69) is 4.74 Å². The minimum Gasteiger partial charge on any atom is -0.467 e. The van der Waals surface area contributed by atoms with E-state index < -0.39 is 54.6 Å². The van der Waals surface area contributed by atoms with Crippen LogP contribution in [0.3, 0.4) is 0 Å². The molecule has 1 N–H and O–H groups in total. The lowest BCUT2D eigenvalue weighted by Crippen LogP contribution is -2.63. The van der Waals surface area contributed by atoms with Crippen molar-refractivity contribution in [3.8, 4) is 0 Å². The molecule has 0 aliphatic carbocycles. The molecule has 1 heterocycles. The Morgan fingerprint density at radius 3 is 1.70 bits per heavy atom. The first-order chi connectivity index (χ1) is 10.7.